The van der Waals surface area contributed by atoms with E-state index in [1.807, 2.05) is 18.0 Å². The first-order valence-corrected chi connectivity index (χ1v) is 13.6. The van der Waals surface area contributed by atoms with Crippen molar-refractivity contribution in [3.63, 3.8) is 0 Å². The summed E-state index contributed by atoms with van der Waals surface area (Å²) in [5.41, 5.74) is 0.237. The van der Waals surface area contributed by atoms with E-state index in [9.17, 15) is 9.59 Å². The number of nitrogens with zero attached hydrogens (tertiary/aromatic N) is 1. The van der Waals surface area contributed by atoms with E-state index in [-0.39, 0.29) is 22.7 Å². The molecule has 4 nitrogen and oxygen atoms in total. The summed E-state index contributed by atoms with van der Waals surface area (Å²) in [6.07, 6.45) is 18.6. The maximum atomic E-state index is 13.2. The first kappa shape index (κ1) is 23.8. The van der Waals surface area contributed by atoms with Crippen molar-refractivity contribution in [2.75, 3.05) is 13.6 Å². The number of carbonyl (C=O) groups is 2. The predicted molar refractivity (Wildman–Crippen MR) is 130 cm³/mol. The lowest BCUT2D eigenvalue weighted by atomic mass is 9.47. The minimum atomic E-state index is 0.0883. The van der Waals surface area contributed by atoms with Crippen LogP contribution in [0.5, 0.6) is 0 Å². The summed E-state index contributed by atoms with van der Waals surface area (Å²) in [4.78, 5) is 27.5. The van der Waals surface area contributed by atoms with Crippen LogP contribution in [-0.2, 0) is 9.59 Å². The molecule has 3 saturated carbocycles. The Morgan fingerprint density at radius 3 is 2.56 bits per heavy atom. The van der Waals surface area contributed by atoms with Crippen LogP contribution in [0.1, 0.15) is 97.8 Å². The highest BCUT2D eigenvalue weighted by Gasteiger charge is 2.61. The van der Waals surface area contributed by atoms with Gasteiger partial charge in [-0.2, -0.15) is 0 Å². The monoisotopic (exact) mass is 442 g/mol. The van der Waals surface area contributed by atoms with Gasteiger partial charge in [0.05, 0.1) is 0 Å². The van der Waals surface area contributed by atoms with Crippen LogP contribution >= 0.6 is 0 Å². The zero-order valence-corrected chi connectivity index (χ0v) is 21.0. The minimum absolute atomic E-state index is 0.0883. The first-order chi connectivity index (χ1) is 15.3. The van der Waals surface area contributed by atoms with Crippen LogP contribution < -0.4 is 5.32 Å². The van der Waals surface area contributed by atoms with E-state index in [4.69, 9.17) is 0 Å². The molecular weight excluding hydrogens is 396 g/mol. The van der Waals surface area contributed by atoms with Gasteiger partial charge in [-0.1, -0.05) is 59.0 Å². The molecule has 3 aliphatic carbocycles. The van der Waals surface area contributed by atoms with Gasteiger partial charge >= 0.3 is 0 Å². The highest BCUT2D eigenvalue weighted by Crippen LogP contribution is 2.65. The van der Waals surface area contributed by atoms with Crippen molar-refractivity contribution in [3.05, 3.63) is 12.2 Å². The van der Waals surface area contributed by atoms with E-state index in [1.54, 1.807) is 0 Å². The number of rotatable bonds is 8. The molecule has 0 radical (unpaired) electrons. The molecule has 0 saturated heterocycles. The van der Waals surface area contributed by atoms with E-state index in [1.165, 1.54) is 51.4 Å². The summed E-state index contributed by atoms with van der Waals surface area (Å²) in [6.45, 7) is 7.92. The number of nitrogens with one attached hydrogen (secondary N) is 1. The molecule has 0 unspecified atom stereocenters. The van der Waals surface area contributed by atoms with Gasteiger partial charge in [0.1, 0.15) is 0 Å². The van der Waals surface area contributed by atoms with Gasteiger partial charge in [-0.25, -0.2) is 0 Å². The largest absolute Gasteiger partial charge is 0.356 e. The van der Waals surface area contributed by atoms with Crippen molar-refractivity contribution in [3.8, 4) is 0 Å². The van der Waals surface area contributed by atoms with Crippen molar-refractivity contribution in [2.24, 2.45) is 34.5 Å². The molecule has 7 atom stereocenters. The molecule has 4 heteroatoms. The maximum Gasteiger partial charge on any atom is 0.246 e. The van der Waals surface area contributed by atoms with Crippen molar-refractivity contribution >= 4 is 11.8 Å². The highest BCUT2D eigenvalue weighted by molar-refractivity contribution is 5.89. The second-order valence-electron chi connectivity index (χ2n) is 11.9. The highest BCUT2D eigenvalue weighted by atomic mass is 16.2. The predicted octanol–water partition coefficient (Wildman–Crippen LogP) is 5.72. The smallest absolute Gasteiger partial charge is 0.246 e. The average molecular weight is 443 g/mol. The fraction of sp³-hybridized carbons (Fsp3) is 0.857. The molecule has 0 bridgehead atoms. The zero-order chi connectivity index (χ0) is 22.9. The third-order valence-corrected chi connectivity index (χ3v) is 10.3. The van der Waals surface area contributed by atoms with Crippen LogP contribution in [0, 0.1) is 34.5 Å². The standard InChI is InChI=1S/C28H46N2O2/c1-5-6-7-8-9-10-19-29-26(32)23-13-12-21-20-11-14-24-28(3,18-16-25(31)30(24)4)22(20)15-17-27(21,23)2/h16,18,20-24H,5-15,17,19H2,1-4H3,(H,29,32)/t20-,21-,22-,23+,24+,27-,28+/m0/s1. The molecule has 0 aromatic heterocycles. The van der Waals surface area contributed by atoms with E-state index >= 15 is 0 Å². The zero-order valence-electron chi connectivity index (χ0n) is 21.0. The van der Waals surface area contributed by atoms with E-state index in [2.05, 4.69) is 32.2 Å². The van der Waals surface area contributed by atoms with Gasteiger partial charge in [0.15, 0.2) is 0 Å². The number of carbonyl (C=O) groups excluding carboxylic acids is 2. The Balaban J connectivity index is 1.37. The van der Waals surface area contributed by atoms with Crippen LogP contribution in [0.3, 0.4) is 0 Å². The number of amides is 2. The summed E-state index contributed by atoms with van der Waals surface area (Å²) in [7, 11) is 1.99. The summed E-state index contributed by atoms with van der Waals surface area (Å²) < 4.78 is 0. The average Bonchev–Trinajstić information content (AvgIpc) is 3.13. The molecular formula is C28H46N2O2. The van der Waals surface area contributed by atoms with Crippen LogP contribution in [0.4, 0.5) is 0 Å². The van der Waals surface area contributed by atoms with Gasteiger partial charge in [0.25, 0.3) is 0 Å². The molecule has 1 aliphatic heterocycles. The summed E-state index contributed by atoms with van der Waals surface area (Å²) in [5, 5.41) is 3.31. The van der Waals surface area contributed by atoms with Gasteiger partial charge in [-0.3, -0.25) is 9.59 Å². The Bertz CT molecular complexity index is 733. The second kappa shape index (κ2) is 9.50. The topological polar surface area (TPSA) is 49.4 Å². The van der Waals surface area contributed by atoms with Crippen molar-refractivity contribution in [1.82, 2.24) is 10.2 Å². The number of likely N-dealkylation sites (N-methyl/N-ethyl adjacent to an activating group) is 1. The SMILES string of the molecule is CCCCCCCCNC(=O)[C@H]1CC[C@H]2[C@@H]3CC[C@H]4N(C)C(=O)C=C[C@]4(C)[C@H]3CC[C@]12C. The molecule has 3 fully saturated rings. The number of hydrogen-bond acceptors (Lipinski definition) is 2. The molecule has 1 heterocycles. The Morgan fingerprint density at radius 2 is 1.78 bits per heavy atom. The van der Waals surface area contributed by atoms with Gasteiger partial charge < -0.3 is 10.2 Å². The van der Waals surface area contributed by atoms with Gasteiger partial charge in [0, 0.05) is 31.0 Å². The first-order valence-electron chi connectivity index (χ1n) is 13.6. The third kappa shape index (κ3) is 4.05. The maximum absolute atomic E-state index is 13.2. The second-order valence-corrected chi connectivity index (χ2v) is 11.9. The molecule has 180 valence electrons. The van der Waals surface area contributed by atoms with Crippen LogP contribution in [-0.4, -0.2) is 36.3 Å². The molecule has 32 heavy (non-hydrogen) atoms. The molecule has 4 rings (SSSR count). The van der Waals surface area contributed by atoms with Crippen molar-refractivity contribution in [1.29, 1.82) is 0 Å². The van der Waals surface area contributed by atoms with Crippen LogP contribution in [0.2, 0.25) is 0 Å². The molecule has 0 aromatic carbocycles. The van der Waals surface area contributed by atoms with E-state index in [0.29, 0.717) is 29.7 Å². The Kier molecular flexibility index (Phi) is 7.08. The van der Waals surface area contributed by atoms with Crippen molar-refractivity contribution in [2.45, 2.75) is 104 Å². The minimum Gasteiger partial charge on any atom is -0.356 e. The lowest BCUT2D eigenvalue weighted by molar-refractivity contribution is -0.142. The Hall–Kier alpha value is -1.32. The fourth-order valence-corrected chi connectivity index (χ4v) is 8.41. The number of fused-ring (bicyclic) bond motifs is 5. The molecule has 0 spiro atoms. The van der Waals surface area contributed by atoms with E-state index < -0.39 is 0 Å². The lowest BCUT2D eigenvalue weighted by Crippen LogP contribution is -2.59. The Labute approximate surface area is 196 Å². The molecule has 1 N–H and O–H groups in total. The third-order valence-electron chi connectivity index (χ3n) is 10.3. The summed E-state index contributed by atoms with van der Waals surface area (Å²) >= 11 is 0. The molecule has 4 aliphatic rings. The van der Waals surface area contributed by atoms with E-state index in [0.717, 1.165) is 32.2 Å². The van der Waals surface area contributed by atoms with Crippen molar-refractivity contribution < 1.29 is 9.59 Å². The van der Waals surface area contributed by atoms with Gasteiger partial charge in [-0.05, 0) is 74.2 Å². The molecule has 2 amide bonds. The molecule has 0 aromatic rings. The van der Waals surface area contributed by atoms with Gasteiger partial charge in [-0.15, -0.1) is 0 Å². The lowest BCUT2D eigenvalue weighted by Gasteiger charge is -2.60. The normalized spacial score (nSPS) is 40.6. The Morgan fingerprint density at radius 1 is 1.03 bits per heavy atom. The van der Waals surface area contributed by atoms with Crippen LogP contribution in [0.25, 0.3) is 0 Å². The summed E-state index contributed by atoms with van der Waals surface area (Å²) in [6, 6.07) is 0.337. The quantitative estimate of drug-likeness (QED) is 0.489. The fourth-order valence-electron chi connectivity index (χ4n) is 8.41. The van der Waals surface area contributed by atoms with Crippen LogP contribution in [0.15, 0.2) is 12.2 Å². The van der Waals surface area contributed by atoms with Gasteiger partial charge in [0.2, 0.25) is 11.8 Å². The summed E-state index contributed by atoms with van der Waals surface area (Å²) in [5.74, 6) is 2.65. The number of unbranched alkanes of at least 4 members (excludes halogenated alkanes) is 5. The number of hydrogen-bond donors (Lipinski definition) is 1.